The van der Waals surface area contributed by atoms with E-state index in [2.05, 4.69) is 4.98 Å². The van der Waals surface area contributed by atoms with Gasteiger partial charge in [0.05, 0.1) is 0 Å². The van der Waals surface area contributed by atoms with Gasteiger partial charge in [-0.1, -0.05) is 13.8 Å². The van der Waals surface area contributed by atoms with Gasteiger partial charge in [0, 0.05) is 18.4 Å². The Morgan fingerprint density at radius 2 is 1.89 bits per heavy atom. The molecule has 0 fully saturated rings. The van der Waals surface area contributed by atoms with Crippen molar-refractivity contribution < 1.29 is 9.90 Å². The standard InChI is InChI=1S/C14H22N2O2/c1-10(2)9-13(14(17)18)16(4)11(3)12-5-7-15-8-6-12/h5-8,10-11,13H,9H2,1-4H3,(H,17,18). The minimum absolute atomic E-state index is 0.0628. The van der Waals surface area contributed by atoms with Crippen LogP contribution in [0, 0.1) is 5.92 Å². The number of carboxylic acid groups (broad SMARTS) is 1. The molecule has 0 aromatic carbocycles. The summed E-state index contributed by atoms with van der Waals surface area (Å²) >= 11 is 0. The van der Waals surface area contributed by atoms with Crippen LogP contribution in [0.4, 0.5) is 0 Å². The summed E-state index contributed by atoms with van der Waals surface area (Å²) in [5.41, 5.74) is 1.09. The fourth-order valence-electron chi connectivity index (χ4n) is 2.03. The second kappa shape index (κ2) is 6.50. The molecular formula is C14H22N2O2. The fraction of sp³-hybridized carbons (Fsp3) is 0.571. The van der Waals surface area contributed by atoms with Gasteiger partial charge < -0.3 is 5.11 Å². The number of likely N-dealkylation sites (N-methyl/N-ethyl adjacent to an activating group) is 1. The first-order valence-corrected chi connectivity index (χ1v) is 6.28. The summed E-state index contributed by atoms with van der Waals surface area (Å²) in [4.78, 5) is 17.3. The number of aliphatic carboxylic acids is 1. The highest BCUT2D eigenvalue weighted by Crippen LogP contribution is 2.23. The highest BCUT2D eigenvalue weighted by atomic mass is 16.4. The molecule has 4 nitrogen and oxygen atoms in total. The molecule has 2 unspecified atom stereocenters. The molecule has 0 spiro atoms. The predicted molar refractivity (Wildman–Crippen MR) is 71.3 cm³/mol. The van der Waals surface area contributed by atoms with E-state index in [4.69, 9.17) is 0 Å². The Labute approximate surface area is 109 Å². The van der Waals surface area contributed by atoms with E-state index in [9.17, 15) is 9.90 Å². The van der Waals surface area contributed by atoms with Crippen LogP contribution in [0.2, 0.25) is 0 Å². The zero-order valence-corrected chi connectivity index (χ0v) is 11.5. The number of carbonyl (C=O) groups is 1. The van der Waals surface area contributed by atoms with Crippen LogP contribution in [-0.4, -0.2) is 34.0 Å². The maximum Gasteiger partial charge on any atom is 0.320 e. The SMILES string of the molecule is CC(C)CC(C(=O)O)N(C)C(C)c1ccncc1. The summed E-state index contributed by atoms with van der Waals surface area (Å²) in [5.74, 6) is -0.398. The lowest BCUT2D eigenvalue weighted by atomic mass is 10.00. The summed E-state index contributed by atoms with van der Waals surface area (Å²) in [6.45, 7) is 6.10. The highest BCUT2D eigenvalue weighted by Gasteiger charge is 2.27. The smallest absolute Gasteiger partial charge is 0.320 e. The van der Waals surface area contributed by atoms with Gasteiger partial charge in [-0.25, -0.2) is 0 Å². The van der Waals surface area contributed by atoms with Crippen molar-refractivity contribution in [3.8, 4) is 0 Å². The number of aromatic nitrogens is 1. The molecule has 0 aliphatic carbocycles. The third-order valence-corrected chi connectivity index (χ3v) is 3.27. The number of hydrogen-bond acceptors (Lipinski definition) is 3. The summed E-state index contributed by atoms with van der Waals surface area (Å²) in [6, 6.07) is 3.46. The Balaban J connectivity index is 2.83. The molecule has 4 heteroatoms. The molecule has 0 bridgehead atoms. The number of nitrogens with zero attached hydrogens (tertiary/aromatic N) is 2. The van der Waals surface area contributed by atoms with E-state index in [0.29, 0.717) is 12.3 Å². The van der Waals surface area contributed by atoms with Gasteiger partial charge in [-0.2, -0.15) is 0 Å². The van der Waals surface area contributed by atoms with Crippen LogP contribution in [-0.2, 0) is 4.79 Å². The van der Waals surface area contributed by atoms with Gasteiger partial charge >= 0.3 is 5.97 Å². The molecule has 0 radical (unpaired) electrons. The molecule has 1 aromatic rings. The zero-order chi connectivity index (χ0) is 13.7. The molecule has 0 aliphatic rings. The van der Waals surface area contributed by atoms with E-state index in [1.54, 1.807) is 12.4 Å². The number of hydrogen-bond donors (Lipinski definition) is 1. The average Bonchev–Trinajstić information content (AvgIpc) is 2.34. The van der Waals surface area contributed by atoms with E-state index in [1.807, 2.05) is 44.9 Å². The van der Waals surface area contributed by atoms with Crippen LogP contribution in [0.1, 0.15) is 38.8 Å². The summed E-state index contributed by atoms with van der Waals surface area (Å²) in [6.07, 6.45) is 4.12. The van der Waals surface area contributed by atoms with Crippen LogP contribution in [0.3, 0.4) is 0 Å². The maximum atomic E-state index is 11.4. The molecule has 1 rings (SSSR count). The maximum absolute atomic E-state index is 11.4. The second-order valence-electron chi connectivity index (χ2n) is 5.11. The van der Waals surface area contributed by atoms with Crippen LogP contribution in [0.15, 0.2) is 24.5 Å². The molecule has 0 saturated heterocycles. The lowest BCUT2D eigenvalue weighted by Gasteiger charge is -2.31. The van der Waals surface area contributed by atoms with Crippen LogP contribution in [0.25, 0.3) is 0 Å². The first kappa shape index (κ1) is 14.6. The molecule has 18 heavy (non-hydrogen) atoms. The predicted octanol–water partition coefficient (Wildman–Crippen LogP) is 2.57. The molecular weight excluding hydrogens is 228 g/mol. The fourth-order valence-corrected chi connectivity index (χ4v) is 2.03. The lowest BCUT2D eigenvalue weighted by molar-refractivity contribution is -0.144. The number of rotatable bonds is 6. The van der Waals surface area contributed by atoms with Gasteiger partial charge in [-0.3, -0.25) is 14.7 Å². The average molecular weight is 250 g/mol. The van der Waals surface area contributed by atoms with Crippen LogP contribution < -0.4 is 0 Å². The zero-order valence-electron chi connectivity index (χ0n) is 11.5. The Hall–Kier alpha value is -1.42. The van der Waals surface area contributed by atoms with Crippen molar-refractivity contribution in [1.29, 1.82) is 0 Å². The third-order valence-electron chi connectivity index (χ3n) is 3.27. The van der Waals surface area contributed by atoms with Gasteiger partial charge in [0.25, 0.3) is 0 Å². The first-order valence-electron chi connectivity index (χ1n) is 6.28. The van der Waals surface area contributed by atoms with Crippen molar-refractivity contribution in [2.24, 2.45) is 5.92 Å². The lowest BCUT2D eigenvalue weighted by Crippen LogP contribution is -2.40. The van der Waals surface area contributed by atoms with Crippen molar-refractivity contribution in [3.63, 3.8) is 0 Å². The summed E-state index contributed by atoms with van der Waals surface area (Å²) < 4.78 is 0. The van der Waals surface area contributed by atoms with Gasteiger partial charge in [-0.05, 0) is 44.0 Å². The monoisotopic (exact) mass is 250 g/mol. The van der Waals surface area contributed by atoms with E-state index in [1.165, 1.54) is 0 Å². The van der Waals surface area contributed by atoms with Crippen molar-refractivity contribution in [3.05, 3.63) is 30.1 Å². The number of pyridine rings is 1. The normalized spacial score (nSPS) is 14.8. The Morgan fingerprint density at radius 1 is 1.33 bits per heavy atom. The highest BCUT2D eigenvalue weighted by molar-refractivity contribution is 5.73. The summed E-state index contributed by atoms with van der Waals surface area (Å²) in [7, 11) is 1.87. The van der Waals surface area contributed by atoms with Gasteiger partial charge in [-0.15, -0.1) is 0 Å². The molecule has 1 N–H and O–H groups in total. The molecule has 0 amide bonds. The van der Waals surface area contributed by atoms with Gasteiger partial charge in [0.15, 0.2) is 0 Å². The Bertz CT molecular complexity index is 379. The molecule has 1 heterocycles. The van der Waals surface area contributed by atoms with Crippen molar-refractivity contribution in [2.75, 3.05) is 7.05 Å². The van der Waals surface area contributed by atoms with E-state index < -0.39 is 12.0 Å². The Morgan fingerprint density at radius 3 is 2.33 bits per heavy atom. The van der Waals surface area contributed by atoms with Crippen LogP contribution in [0.5, 0.6) is 0 Å². The van der Waals surface area contributed by atoms with E-state index >= 15 is 0 Å². The van der Waals surface area contributed by atoms with Gasteiger partial charge in [0.1, 0.15) is 6.04 Å². The van der Waals surface area contributed by atoms with Crippen molar-refractivity contribution in [2.45, 2.75) is 39.3 Å². The second-order valence-corrected chi connectivity index (χ2v) is 5.11. The minimum atomic E-state index is -0.757. The first-order chi connectivity index (χ1) is 8.43. The van der Waals surface area contributed by atoms with Gasteiger partial charge in [0.2, 0.25) is 0 Å². The molecule has 0 aliphatic heterocycles. The minimum Gasteiger partial charge on any atom is -0.480 e. The summed E-state index contributed by atoms with van der Waals surface area (Å²) in [5, 5.41) is 9.33. The Kier molecular flexibility index (Phi) is 5.28. The van der Waals surface area contributed by atoms with E-state index in [-0.39, 0.29) is 6.04 Å². The van der Waals surface area contributed by atoms with Crippen molar-refractivity contribution in [1.82, 2.24) is 9.88 Å². The largest absolute Gasteiger partial charge is 0.480 e. The molecule has 1 aromatic heterocycles. The number of carboxylic acids is 1. The van der Waals surface area contributed by atoms with Crippen LogP contribution >= 0.6 is 0 Å². The third kappa shape index (κ3) is 3.81. The van der Waals surface area contributed by atoms with E-state index in [0.717, 1.165) is 5.56 Å². The molecule has 2 atom stereocenters. The van der Waals surface area contributed by atoms with Crippen molar-refractivity contribution >= 4 is 5.97 Å². The topological polar surface area (TPSA) is 53.4 Å². The molecule has 100 valence electrons. The molecule has 0 saturated carbocycles. The quantitative estimate of drug-likeness (QED) is 0.843.